The molecule has 0 N–H and O–H groups in total. The van der Waals surface area contributed by atoms with Gasteiger partial charge in [-0.2, -0.15) is 0 Å². The average Bonchev–Trinajstić information content (AvgIpc) is 3.05. The normalized spacial score (nSPS) is 40.0. The molecular formula is C23H29NO. The lowest BCUT2D eigenvalue weighted by atomic mass is 9.52. The van der Waals surface area contributed by atoms with Crippen LogP contribution >= 0.6 is 0 Å². The summed E-state index contributed by atoms with van der Waals surface area (Å²) in [7, 11) is 2.14. The molecule has 6 atom stereocenters. The Morgan fingerprint density at radius 1 is 1.24 bits per heavy atom. The highest BCUT2D eigenvalue weighted by molar-refractivity contribution is 5.89. The van der Waals surface area contributed by atoms with Gasteiger partial charge in [0.15, 0.2) is 0 Å². The number of fused-ring (bicyclic) bond motifs is 6. The van der Waals surface area contributed by atoms with Crippen LogP contribution in [0.4, 0.5) is 0 Å². The molecule has 2 aromatic rings. The predicted molar refractivity (Wildman–Crippen MR) is 102 cm³/mol. The number of hydrogen-bond acceptors (Lipinski definition) is 1. The van der Waals surface area contributed by atoms with Crippen LogP contribution in [0.3, 0.4) is 0 Å². The zero-order valence-corrected chi connectivity index (χ0v) is 15.9. The maximum absolute atomic E-state index is 12.9. The Balaban J connectivity index is 1.63. The standard InChI is InChI=1S/C23H29NO/c1-13-9-19-17-6-5-15-11-20-16(7-8-24(20)4)10-18(15)21(17)14(2)12-23(19,3)22(13)25/h7-8,10-11,13-14,17,19,21H,5-6,9,12H2,1-4H3/t13?,14?,17?,19?,21?,23-/m0/s1. The lowest BCUT2D eigenvalue weighted by Crippen LogP contribution is -2.46. The SMILES string of the molecule is CC1CC2C3CCc4cc5c(ccn5C)cc4C3C(C)C[C@]2(C)C1=O. The summed E-state index contributed by atoms with van der Waals surface area (Å²) in [6.07, 6.45) is 6.81. The number of hydrogen-bond donors (Lipinski definition) is 0. The molecule has 2 fully saturated rings. The quantitative estimate of drug-likeness (QED) is 0.657. The van der Waals surface area contributed by atoms with Gasteiger partial charge in [0.1, 0.15) is 5.78 Å². The molecule has 3 aliphatic carbocycles. The van der Waals surface area contributed by atoms with Gasteiger partial charge in [0.05, 0.1) is 0 Å². The Morgan fingerprint density at radius 2 is 2.04 bits per heavy atom. The molecule has 1 aromatic heterocycles. The topological polar surface area (TPSA) is 22.0 Å². The van der Waals surface area contributed by atoms with E-state index in [0.717, 1.165) is 12.8 Å². The minimum absolute atomic E-state index is 0.0612. The summed E-state index contributed by atoms with van der Waals surface area (Å²) in [6.45, 7) is 6.85. The molecule has 2 saturated carbocycles. The van der Waals surface area contributed by atoms with Crippen molar-refractivity contribution in [1.82, 2.24) is 4.57 Å². The van der Waals surface area contributed by atoms with Gasteiger partial charge in [-0.15, -0.1) is 0 Å². The molecule has 0 aliphatic heterocycles. The molecule has 0 radical (unpaired) electrons. The Labute approximate surface area is 150 Å². The number of nitrogens with zero attached hydrogens (tertiary/aromatic N) is 1. The summed E-state index contributed by atoms with van der Waals surface area (Å²) in [6, 6.07) is 7.16. The van der Waals surface area contributed by atoms with Crippen LogP contribution in [0.2, 0.25) is 0 Å². The molecule has 0 amide bonds. The van der Waals surface area contributed by atoms with E-state index in [1.54, 1.807) is 11.1 Å². The number of carbonyl (C=O) groups excluding carboxylic acids is 1. The zero-order valence-electron chi connectivity index (χ0n) is 15.9. The first-order valence-corrected chi connectivity index (χ1v) is 10.0. The van der Waals surface area contributed by atoms with E-state index in [9.17, 15) is 4.79 Å². The van der Waals surface area contributed by atoms with E-state index in [0.29, 0.717) is 29.5 Å². The second-order valence-corrected chi connectivity index (χ2v) is 9.47. The van der Waals surface area contributed by atoms with Crippen LogP contribution in [0.5, 0.6) is 0 Å². The fraction of sp³-hybridized carbons (Fsp3) is 0.609. The first-order chi connectivity index (χ1) is 11.9. The molecule has 0 saturated heterocycles. The lowest BCUT2D eigenvalue weighted by Gasteiger charge is -2.51. The van der Waals surface area contributed by atoms with Gasteiger partial charge in [-0.25, -0.2) is 0 Å². The van der Waals surface area contributed by atoms with Crippen molar-refractivity contribution in [2.75, 3.05) is 0 Å². The summed E-state index contributed by atoms with van der Waals surface area (Å²) >= 11 is 0. The second kappa shape index (κ2) is 4.99. The van der Waals surface area contributed by atoms with Crippen LogP contribution in [-0.2, 0) is 18.3 Å². The largest absolute Gasteiger partial charge is 0.351 e. The van der Waals surface area contributed by atoms with Gasteiger partial charge in [0, 0.05) is 30.1 Å². The molecule has 1 aromatic carbocycles. The number of aromatic nitrogens is 1. The van der Waals surface area contributed by atoms with Crippen LogP contribution in [-0.4, -0.2) is 10.4 Å². The summed E-state index contributed by atoms with van der Waals surface area (Å²) in [5, 5.41) is 1.37. The van der Waals surface area contributed by atoms with Gasteiger partial charge in [-0.05, 0) is 84.1 Å². The average molecular weight is 335 g/mol. The van der Waals surface area contributed by atoms with E-state index >= 15 is 0 Å². The Morgan fingerprint density at radius 3 is 2.84 bits per heavy atom. The van der Waals surface area contributed by atoms with E-state index in [2.05, 4.69) is 56.8 Å². The van der Waals surface area contributed by atoms with Crippen molar-refractivity contribution < 1.29 is 4.79 Å². The van der Waals surface area contributed by atoms with Crippen molar-refractivity contribution >= 4 is 16.7 Å². The molecule has 132 valence electrons. The summed E-state index contributed by atoms with van der Waals surface area (Å²) < 4.78 is 2.24. The number of rotatable bonds is 0. The Bertz CT molecular complexity index is 878. The van der Waals surface area contributed by atoms with Gasteiger partial charge >= 0.3 is 0 Å². The zero-order chi connectivity index (χ0) is 17.5. The fourth-order valence-electron chi connectivity index (χ4n) is 7.01. The van der Waals surface area contributed by atoms with Crippen LogP contribution in [0.1, 0.15) is 57.1 Å². The number of ketones is 1. The molecule has 1 heterocycles. The van der Waals surface area contributed by atoms with Crippen LogP contribution in [0.15, 0.2) is 24.4 Å². The van der Waals surface area contributed by atoms with E-state index in [1.807, 2.05) is 0 Å². The molecule has 3 aliphatic rings. The maximum Gasteiger partial charge on any atom is 0.141 e. The molecule has 2 heteroatoms. The van der Waals surface area contributed by atoms with Crippen molar-refractivity contribution in [3.05, 3.63) is 35.5 Å². The first kappa shape index (κ1) is 15.7. The molecule has 5 rings (SSSR count). The summed E-state index contributed by atoms with van der Waals surface area (Å²) in [5.41, 5.74) is 4.45. The number of aryl methyl sites for hydroxylation is 2. The molecular weight excluding hydrogens is 306 g/mol. The van der Waals surface area contributed by atoms with Crippen LogP contribution in [0, 0.1) is 29.1 Å². The second-order valence-electron chi connectivity index (χ2n) is 9.47. The monoisotopic (exact) mass is 335 g/mol. The summed E-state index contributed by atoms with van der Waals surface area (Å²) in [4.78, 5) is 12.9. The van der Waals surface area contributed by atoms with E-state index < -0.39 is 0 Å². The molecule has 0 bridgehead atoms. The van der Waals surface area contributed by atoms with Crippen LogP contribution in [0.25, 0.3) is 10.9 Å². The van der Waals surface area contributed by atoms with E-state index in [-0.39, 0.29) is 11.3 Å². The minimum atomic E-state index is -0.0612. The minimum Gasteiger partial charge on any atom is -0.351 e. The highest BCUT2D eigenvalue weighted by Crippen LogP contribution is 2.62. The van der Waals surface area contributed by atoms with Gasteiger partial charge in [-0.3, -0.25) is 4.79 Å². The third kappa shape index (κ3) is 1.94. The van der Waals surface area contributed by atoms with Gasteiger partial charge in [0.25, 0.3) is 0 Å². The highest BCUT2D eigenvalue weighted by Gasteiger charge is 2.58. The van der Waals surface area contributed by atoms with Gasteiger partial charge in [0.2, 0.25) is 0 Å². The smallest absolute Gasteiger partial charge is 0.141 e. The van der Waals surface area contributed by atoms with Gasteiger partial charge < -0.3 is 4.57 Å². The lowest BCUT2D eigenvalue weighted by molar-refractivity contribution is -0.133. The van der Waals surface area contributed by atoms with Crippen molar-refractivity contribution in [1.29, 1.82) is 0 Å². The molecule has 2 nitrogen and oxygen atoms in total. The predicted octanol–water partition coefficient (Wildman–Crippen LogP) is 5.10. The summed E-state index contributed by atoms with van der Waals surface area (Å²) in [5.74, 6) is 3.34. The number of benzene rings is 1. The maximum atomic E-state index is 12.9. The van der Waals surface area contributed by atoms with Crippen molar-refractivity contribution in [2.45, 2.75) is 52.4 Å². The van der Waals surface area contributed by atoms with Crippen molar-refractivity contribution in [3.8, 4) is 0 Å². The van der Waals surface area contributed by atoms with Crippen molar-refractivity contribution in [2.24, 2.45) is 36.1 Å². The third-order valence-corrected chi connectivity index (χ3v) is 8.03. The van der Waals surface area contributed by atoms with Crippen molar-refractivity contribution in [3.63, 3.8) is 0 Å². The number of Topliss-reactive ketones (excluding diaryl/α,β-unsaturated/α-hetero) is 1. The van der Waals surface area contributed by atoms with E-state index in [4.69, 9.17) is 0 Å². The van der Waals surface area contributed by atoms with E-state index in [1.165, 1.54) is 23.7 Å². The Hall–Kier alpha value is -1.57. The highest BCUT2D eigenvalue weighted by atomic mass is 16.1. The fourth-order valence-corrected chi connectivity index (χ4v) is 7.01. The van der Waals surface area contributed by atoms with Crippen LogP contribution < -0.4 is 0 Å². The molecule has 25 heavy (non-hydrogen) atoms. The van der Waals surface area contributed by atoms with Gasteiger partial charge in [-0.1, -0.05) is 20.8 Å². The Kier molecular flexibility index (Phi) is 3.13. The third-order valence-electron chi connectivity index (χ3n) is 8.03. The number of carbonyl (C=O) groups is 1. The molecule has 5 unspecified atom stereocenters. The first-order valence-electron chi connectivity index (χ1n) is 10.0. The molecule has 0 spiro atoms.